The number of nitrogens with zero attached hydrogens (tertiary/aromatic N) is 1. The highest BCUT2D eigenvalue weighted by atomic mass is 14.9. The van der Waals surface area contributed by atoms with Gasteiger partial charge in [0.25, 0.3) is 0 Å². The zero-order valence-electron chi connectivity index (χ0n) is 14.3. The van der Waals surface area contributed by atoms with Gasteiger partial charge in [-0.25, -0.2) is 0 Å². The molecule has 1 fully saturated rings. The Morgan fingerprint density at radius 2 is 2.14 bits per heavy atom. The Labute approximate surface area is 130 Å². The summed E-state index contributed by atoms with van der Waals surface area (Å²) < 4.78 is 0. The van der Waals surface area contributed by atoms with Crippen molar-refractivity contribution < 1.29 is 0 Å². The van der Waals surface area contributed by atoms with Crippen LogP contribution in [0.3, 0.4) is 0 Å². The van der Waals surface area contributed by atoms with Crippen LogP contribution in [0.5, 0.6) is 0 Å². The lowest BCUT2D eigenvalue weighted by molar-refractivity contribution is 0.0977. The van der Waals surface area contributed by atoms with E-state index in [4.69, 9.17) is 0 Å². The molecular weight excluding hydrogens is 256 g/mol. The van der Waals surface area contributed by atoms with Crippen molar-refractivity contribution >= 4 is 0 Å². The zero-order chi connectivity index (χ0) is 15.3. The van der Waals surface area contributed by atoms with E-state index >= 15 is 0 Å². The zero-order valence-corrected chi connectivity index (χ0v) is 14.3. The highest BCUT2D eigenvalue weighted by Gasteiger charge is 2.37. The molecule has 1 aromatic heterocycles. The third-order valence-corrected chi connectivity index (χ3v) is 5.13. The molecule has 0 bridgehead atoms. The first-order valence-corrected chi connectivity index (χ1v) is 8.68. The first-order valence-electron chi connectivity index (χ1n) is 8.68. The molecule has 0 radical (unpaired) electrons. The summed E-state index contributed by atoms with van der Waals surface area (Å²) in [4.78, 5) is 4.63. The van der Waals surface area contributed by atoms with Crippen LogP contribution in [0.1, 0.15) is 64.1 Å². The number of nitrogens with one attached hydrogen (secondary N) is 1. The molecule has 2 unspecified atom stereocenters. The Bertz CT molecular complexity index is 422. The molecule has 0 amide bonds. The van der Waals surface area contributed by atoms with E-state index in [1.807, 2.05) is 6.20 Å². The molecule has 118 valence electrons. The molecule has 1 aliphatic rings. The maximum Gasteiger partial charge on any atom is 0.0419 e. The van der Waals surface area contributed by atoms with Crippen molar-refractivity contribution in [2.45, 2.75) is 72.3 Å². The maximum atomic E-state index is 4.63. The Balaban J connectivity index is 2.11. The average Bonchev–Trinajstić information content (AvgIpc) is 2.45. The quantitative estimate of drug-likeness (QED) is 0.832. The minimum absolute atomic E-state index is 0.453. The predicted octanol–water partition coefficient (Wildman–Crippen LogP) is 4.52. The van der Waals surface area contributed by atoms with Crippen molar-refractivity contribution in [1.82, 2.24) is 10.3 Å². The van der Waals surface area contributed by atoms with Gasteiger partial charge in [0.1, 0.15) is 0 Å². The molecule has 0 aromatic carbocycles. The summed E-state index contributed by atoms with van der Waals surface area (Å²) in [5, 5.41) is 3.82. The highest BCUT2D eigenvalue weighted by Crippen LogP contribution is 2.42. The SMILES string of the molecule is CCCNC(Cc1ccc(C)cn1)C1CCCCC1(C)C. The van der Waals surface area contributed by atoms with Gasteiger partial charge < -0.3 is 5.32 Å². The van der Waals surface area contributed by atoms with Gasteiger partial charge in [-0.1, -0.05) is 39.7 Å². The van der Waals surface area contributed by atoms with Crippen molar-refractivity contribution in [1.29, 1.82) is 0 Å². The summed E-state index contributed by atoms with van der Waals surface area (Å²) in [5.41, 5.74) is 2.93. The topological polar surface area (TPSA) is 24.9 Å². The van der Waals surface area contributed by atoms with Crippen molar-refractivity contribution in [2.24, 2.45) is 11.3 Å². The van der Waals surface area contributed by atoms with Crippen molar-refractivity contribution in [3.63, 3.8) is 0 Å². The summed E-state index contributed by atoms with van der Waals surface area (Å²) >= 11 is 0. The largest absolute Gasteiger partial charge is 0.313 e. The van der Waals surface area contributed by atoms with Crippen LogP contribution in [0.2, 0.25) is 0 Å². The number of aromatic nitrogens is 1. The van der Waals surface area contributed by atoms with E-state index in [1.54, 1.807) is 0 Å². The molecule has 0 aliphatic heterocycles. The second kappa shape index (κ2) is 7.40. The average molecular weight is 288 g/mol. The number of hydrogen-bond donors (Lipinski definition) is 1. The fourth-order valence-corrected chi connectivity index (χ4v) is 3.80. The fraction of sp³-hybridized carbons (Fsp3) is 0.737. The summed E-state index contributed by atoms with van der Waals surface area (Å²) in [6.07, 6.45) is 9.77. The molecule has 2 heteroatoms. The molecule has 1 heterocycles. The summed E-state index contributed by atoms with van der Waals surface area (Å²) in [6.45, 7) is 10.4. The Kier molecular flexibility index (Phi) is 5.80. The van der Waals surface area contributed by atoms with Crippen molar-refractivity contribution in [3.05, 3.63) is 29.6 Å². The number of aryl methyl sites for hydroxylation is 1. The summed E-state index contributed by atoms with van der Waals surface area (Å²) in [6, 6.07) is 4.95. The lowest BCUT2D eigenvalue weighted by Crippen LogP contribution is -2.46. The van der Waals surface area contributed by atoms with E-state index in [9.17, 15) is 0 Å². The van der Waals surface area contributed by atoms with Gasteiger partial charge in [-0.05, 0) is 55.7 Å². The molecule has 0 spiro atoms. The second-order valence-electron chi connectivity index (χ2n) is 7.43. The van der Waals surface area contributed by atoms with E-state index in [1.165, 1.54) is 43.4 Å². The Morgan fingerprint density at radius 3 is 2.76 bits per heavy atom. The molecule has 1 aliphatic carbocycles. The van der Waals surface area contributed by atoms with Gasteiger partial charge in [-0.2, -0.15) is 0 Å². The molecule has 2 nitrogen and oxygen atoms in total. The second-order valence-corrected chi connectivity index (χ2v) is 7.43. The van der Waals surface area contributed by atoms with Crippen LogP contribution in [0.4, 0.5) is 0 Å². The smallest absolute Gasteiger partial charge is 0.0419 e. The Hall–Kier alpha value is -0.890. The Morgan fingerprint density at radius 1 is 1.33 bits per heavy atom. The van der Waals surface area contributed by atoms with Gasteiger partial charge in [0, 0.05) is 24.4 Å². The first kappa shape index (κ1) is 16.5. The predicted molar refractivity (Wildman–Crippen MR) is 90.5 cm³/mol. The van der Waals surface area contributed by atoms with E-state index in [2.05, 4.69) is 50.1 Å². The van der Waals surface area contributed by atoms with Crippen molar-refractivity contribution in [2.75, 3.05) is 6.54 Å². The highest BCUT2D eigenvalue weighted by molar-refractivity contribution is 5.13. The minimum Gasteiger partial charge on any atom is -0.313 e. The van der Waals surface area contributed by atoms with Crippen LogP contribution < -0.4 is 5.32 Å². The van der Waals surface area contributed by atoms with Crippen LogP contribution >= 0.6 is 0 Å². The first-order chi connectivity index (χ1) is 10.0. The molecule has 21 heavy (non-hydrogen) atoms. The number of hydrogen-bond acceptors (Lipinski definition) is 2. The van der Waals surface area contributed by atoms with Crippen molar-refractivity contribution in [3.8, 4) is 0 Å². The van der Waals surface area contributed by atoms with Crippen LogP contribution in [-0.4, -0.2) is 17.6 Å². The van der Waals surface area contributed by atoms with Gasteiger partial charge >= 0.3 is 0 Å². The molecule has 2 rings (SSSR count). The maximum absolute atomic E-state index is 4.63. The van der Waals surface area contributed by atoms with Gasteiger partial charge in [-0.15, -0.1) is 0 Å². The molecule has 1 aromatic rings. The molecule has 1 saturated carbocycles. The standard InChI is InChI=1S/C19H32N2/c1-5-12-20-18(13-16-10-9-15(2)14-21-16)17-8-6-7-11-19(17,3)4/h9-10,14,17-18,20H,5-8,11-13H2,1-4H3. The van der Waals surface area contributed by atoms with Crippen LogP contribution in [0.15, 0.2) is 18.3 Å². The van der Waals surface area contributed by atoms with Gasteiger partial charge in [-0.3, -0.25) is 4.98 Å². The van der Waals surface area contributed by atoms with Crippen LogP contribution in [0.25, 0.3) is 0 Å². The van der Waals surface area contributed by atoms with E-state index in [-0.39, 0.29) is 0 Å². The number of pyridine rings is 1. The molecular formula is C19H32N2. The van der Waals surface area contributed by atoms with Crippen LogP contribution in [-0.2, 0) is 6.42 Å². The van der Waals surface area contributed by atoms with Gasteiger partial charge in [0.05, 0.1) is 0 Å². The lowest BCUT2D eigenvalue weighted by Gasteiger charge is -2.43. The summed E-state index contributed by atoms with van der Waals surface area (Å²) in [5.74, 6) is 0.765. The normalized spacial score (nSPS) is 23.0. The van der Waals surface area contributed by atoms with Crippen LogP contribution in [0, 0.1) is 18.3 Å². The van der Waals surface area contributed by atoms with E-state index < -0.39 is 0 Å². The third kappa shape index (κ3) is 4.54. The van der Waals surface area contributed by atoms with E-state index in [0.717, 1.165) is 18.9 Å². The third-order valence-electron chi connectivity index (χ3n) is 5.13. The molecule has 2 atom stereocenters. The lowest BCUT2D eigenvalue weighted by atomic mass is 9.65. The number of rotatable bonds is 6. The summed E-state index contributed by atoms with van der Waals surface area (Å²) in [7, 11) is 0. The van der Waals surface area contributed by atoms with Gasteiger partial charge in [0.2, 0.25) is 0 Å². The van der Waals surface area contributed by atoms with Gasteiger partial charge in [0.15, 0.2) is 0 Å². The minimum atomic E-state index is 0.453. The molecule has 0 saturated heterocycles. The monoisotopic (exact) mass is 288 g/mol. The fourth-order valence-electron chi connectivity index (χ4n) is 3.80. The molecule has 1 N–H and O–H groups in total. The van der Waals surface area contributed by atoms with E-state index in [0.29, 0.717) is 11.5 Å².